The maximum absolute atomic E-state index is 12.0. The Labute approximate surface area is 179 Å². The zero-order chi connectivity index (χ0) is 22.1. The fourth-order valence-corrected chi connectivity index (χ4v) is 4.22. The van der Waals surface area contributed by atoms with Gasteiger partial charge in [0, 0.05) is 0 Å². The molecule has 1 aromatic rings. The molecule has 0 saturated carbocycles. The molecule has 3 aliphatic rings. The van der Waals surface area contributed by atoms with Gasteiger partial charge in [0.1, 0.15) is 30.5 Å². The third kappa shape index (κ3) is 4.06. The van der Waals surface area contributed by atoms with Crippen LogP contribution < -0.4 is 0 Å². The van der Waals surface area contributed by atoms with Gasteiger partial charge in [-0.1, -0.05) is 54.6 Å². The molecular formula is C24H24O7. The Morgan fingerprint density at radius 3 is 2.42 bits per heavy atom. The number of carbonyl (C=O) groups is 1. The SMILES string of the molecule is O=C(O)c1c(Cc2cccc([C@@H]3O[C@H](CO)[C@@H](O)[C@H](O)[C@H]3O)c2)cc2cccccc1-2. The molecule has 7 nitrogen and oxygen atoms in total. The van der Waals surface area contributed by atoms with E-state index in [1.54, 1.807) is 30.3 Å². The first kappa shape index (κ1) is 21.4. The van der Waals surface area contributed by atoms with E-state index in [1.165, 1.54) is 0 Å². The predicted octanol–water partition coefficient (Wildman–Crippen LogP) is 1.60. The van der Waals surface area contributed by atoms with Crippen molar-refractivity contribution in [3.63, 3.8) is 0 Å². The summed E-state index contributed by atoms with van der Waals surface area (Å²) < 4.78 is 5.64. The van der Waals surface area contributed by atoms with Gasteiger partial charge in [0.05, 0.1) is 12.2 Å². The van der Waals surface area contributed by atoms with E-state index >= 15 is 0 Å². The molecule has 0 unspecified atom stereocenters. The molecule has 1 aromatic carbocycles. The molecule has 5 atom stereocenters. The molecule has 1 heterocycles. The van der Waals surface area contributed by atoms with Gasteiger partial charge in [-0.3, -0.25) is 0 Å². The van der Waals surface area contributed by atoms with Gasteiger partial charge in [-0.25, -0.2) is 4.79 Å². The predicted molar refractivity (Wildman–Crippen MR) is 112 cm³/mol. The molecule has 0 aromatic heterocycles. The van der Waals surface area contributed by atoms with Gasteiger partial charge in [0.2, 0.25) is 0 Å². The number of hydrogen-bond donors (Lipinski definition) is 5. The Bertz CT molecular complexity index is 1050. The largest absolute Gasteiger partial charge is 0.478 e. The first-order chi connectivity index (χ1) is 14.9. The number of aliphatic hydroxyl groups is 4. The first-order valence-electron chi connectivity index (χ1n) is 10.0. The van der Waals surface area contributed by atoms with Crippen molar-refractivity contribution >= 4 is 5.97 Å². The topological polar surface area (TPSA) is 127 Å². The molecule has 4 rings (SSSR count). The number of aliphatic hydroxyl groups excluding tert-OH is 4. The molecule has 0 spiro atoms. The minimum absolute atomic E-state index is 0.254. The third-order valence-electron chi connectivity index (χ3n) is 5.77. The Balaban J connectivity index is 1.67. The summed E-state index contributed by atoms with van der Waals surface area (Å²) in [6, 6.07) is 18.1. The molecule has 0 bridgehead atoms. The molecule has 0 amide bonds. The maximum Gasteiger partial charge on any atom is 0.336 e. The monoisotopic (exact) mass is 424 g/mol. The van der Waals surface area contributed by atoms with Gasteiger partial charge in [-0.05, 0) is 40.3 Å². The van der Waals surface area contributed by atoms with Gasteiger partial charge >= 0.3 is 5.97 Å². The van der Waals surface area contributed by atoms with Crippen molar-refractivity contribution in [3.05, 3.63) is 82.9 Å². The summed E-state index contributed by atoms with van der Waals surface area (Å²) in [5, 5.41) is 49.7. The molecule has 1 fully saturated rings. The fourth-order valence-electron chi connectivity index (χ4n) is 4.22. The number of carboxylic acid groups (broad SMARTS) is 1. The van der Waals surface area contributed by atoms with Crippen molar-refractivity contribution in [1.82, 2.24) is 0 Å². The van der Waals surface area contributed by atoms with Crippen molar-refractivity contribution in [2.45, 2.75) is 36.9 Å². The van der Waals surface area contributed by atoms with E-state index in [2.05, 4.69) is 0 Å². The van der Waals surface area contributed by atoms with Crippen molar-refractivity contribution in [1.29, 1.82) is 0 Å². The summed E-state index contributed by atoms with van der Waals surface area (Å²) >= 11 is 0. The van der Waals surface area contributed by atoms with Crippen molar-refractivity contribution in [2.75, 3.05) is 6.61 Å². The van der Waals surface area contributed by atoms with Crippen LogP contribution in [0.5, 0.6) is 0 Å². The van der Waals surface area contributed by atoms with Crippen LogP contribution in [0.4, 0.5) is 0 Å². The highest BCUT2D eigenvalue weighted by molar-refractivity contribution is 5.99. The van der Waals surface area contributed by atoms with Crippen LogP contribution in [-0.2, 0) is 11.2 Å². The maximum atomic E-state index is 12.0. The molecular weight excluding hydrogens is 400 g/mol. The standard InChI is InChI=1S/C24H24O7/c25-12-18-20(26)21(27)22(28)23(31-18)15-7-4-5-13(9-15)10-16-11-14-6-2-1-3-8-17(14)19(16)24(29)30/h1-9,11,18,20-23,25-28H,10,12H2,(H,29,30)/t18-,20-,21+,22-,23+/m1/s1. The molecule has 31 heavy (non-hydrogen) atoms. The summed E-state index contributed by atoms with van der Waals surface area (Å²) in [6.45, 7) is -0.499. The fraction of sp³-hybridized carbons (Fsp3) is 0.292. The number of carboxylic acids is 1. The molecule has 7 heteroatoms. The highest BCUT2D eigenvalue weighted by atomic mass is 16.5. The van der Waals surface area contributed by atoms with E-state index < -0.39 is 43.1 Å². The summed E-state index contributed by atoms with van der Waals surface area (Å²) in [5.41, 5.74) is 3.79. The van der Waals surface area contributed by atoms with E-state index in [9.17, 15) is 30.3 Å². The van der Waals surface area contributed by atoms with Crippen LogP contribution in [0.25, 0.3) is 11.1 Å². The summed E-state index contributed by atoms with van der Waals surface area (Å²) in [6.07, 6.45) is -5.83. The van der Waals surface area contributed by atoms with Crippen LogP contribution >= 0.6 is 0 Å². The highest BCUT2D eigenvalue weighted by Crippen LogP contribution is 2.35. The van der Waals surface area contributed by atoms with Crippen molar-refractivity contribution in [3.8, 4) is 11.1 Å². The minimum atomic E-state index is -1.46. The molecule has 2 aliphatic carbocycles. The number of ether oxygens (including phenoxy) is 1. The Hall–Kier alpha value is -2.81. The molecule has 5 N–H and O–H groups in total. The molecule has 1 saturated heterocycles. The van der Waals surface area contributed by atoms with Crippen molar-refractivity contribution in [2.24, 2.45) is 0 Å². The first-order valence-corrected chi connectivity index (χ1v) is 10.0. The smallest absolute Gasteiger partial charge is 0.336 e. The number of benzene rings is 1. The highest BCUT2D eigenvalue weighted by Gasteiger charge is 2.43. The molecule has 162 valence electrons. The number of hydrogen-bond acceptors (Lipinski definition) is 6. The second-order valence-electron chi connectivity index (χ2n) is 7.80. The second-order valence-corrected chi connectivity index (χ2v) is 7.80. The summed E-state index contributed by atoms with van der Waals surface area (Å²) in [5.74, 6) is -0.999. The quantitative estimate of drug-likeness (QED) is 0.421. The lowest BCUT2D eigenvalue weighted by Gasteiger charge is -2.40. The third-order valence-corrected chi connectivity index (χ3v) is 5.77. The Kier molecular flexibility index (Phi) is 6.04. The lowest BCUT2D eigenvalue weighted by Crippen LogP contribution is -2.55. The average Bonchev–Trinajstić information content (AvgIpc) is 2.93. The van der Waals surface area contributed by atoms with E-state index in [-0.39, 0.29) is 5.56 Å². The van der Waals surface area contributed by atoms with Gasteiger partial charge in [0.15, 0.2) is 0 Å². The van der Waals surface area contributed by atoms with E-state index in [0.717, 1.165) is 11.1 Å². The Morgan fingerprint density at radius 1 is 0.903 bits per heavy atom. The van der Waals surface area contributed by atoms with Gasteiger partial charge in [-0.15, -0.1) is 0 Å². The van der Waals surface area contributed by atoms with Gasteiger partial charge < -0.3 is 30.3 Å². The normalized spacial score (nSPS) is 26.1. The van der Waals surface area contributed by atoms with Crippen LogP contribution in [0, 0.1) is 0 Å². The lowest BCUT2D eigenvalue weighted by molar-refractivity contribution is -0.231. The van der Waals surface area contributed by atoms with Crippen molar-refractivity contribution < 1.29 is 35.1 Å². The number of rotatable bonds is 5. The molecule has 0 radical (unpaired) electrons. The van der Waals surface area contributed by atoms with Crippen LogP contribution in [0.1, 0.15) is 33.2 Å². The number of fused-ring (bicyclic) bond motifs is 1. The minimum Gasteiger partial charge on any atom is -0.478 e. The van der Waals surface area contributed by atoms with E-state index in [4.69, 9.17) is 4.74 Å². The number of aromatic carboxylic acids is 1. The molecule has 1 aliphatic heterocycles. The van der Waals surface area contributed by atoms with Gasteiger partial charge in [0.25, 0.3) is 0 Å². The van der Waals surface area contributed by atoms with Crippen LogP contribution in [-0.4, -0.2) is 62.5 Å². The van der Waals surface area contributed by atoms with E-state index in [1.807, 2.05) is 30.3 Å². The zero-order valence-corrected chi connectivity index (χ0v) is 16.6. The van der Waals surface area contributed by atoms with Gasteiger partial charge in [-0.2, -0.15) is 0 Å². The van der Waals surface area contributed by atoms with E-state index in [0.29, 0.717) is 23.1 Å². The second kappa shape index (κ2) is 8.74. The zero-order valence-electron chi connectivity index (χ0n) is 16.6. The van der Waals surface area contributed by atoms with Crippen LogP contribution in [0.2, 0.25) is 0 Å². The summed E-state index contributed by atoms with van der Waals surface area (Å²) in [4.78, 5) is 12.0. The lowest BCUT2D eigenvalue weighted by atomic mass is 9.90. The van der Waals surface area contributed by atoms with Crippen LogP contribution in [0.3, 0.4) is 0 Å². The summed E-state index contributed by atoms with van der Waals surface area (Å²) in [7, 11) is 0. The van der Waals surface area contributed by atoms with Crippen LogP contribution in [0.15, 0.2) is 60.7 Å². The average molecular weight is 424 g/mol. The Morgan fingerprint density at radius 2 is 1.68 bits per heavy atom.